The fraction of sp³-hybridized carbons (Fsp3) is 0.0833. The minimum atomic E-state index is -0.350. The molecule has 0 fully saturated rings. The molecule has 0 bridgehead atoms. The Balaban J connectivity index is 1.57. The van der Waals surface area contributed by atoms with Gasteiger partial charge in [0, 0.05) is 34.5 Å². The summed E-state index contributed by atoms with van der Waals surface area (Å²) in [5, 5.41) is 16.1. The minimum Gasteiger partial charge on any atom is -0.493 e. The third-order valence-electron chi connectivity index (χ3n) is 5.07. The normalized spacial score (nSPS) is 10.4. The summed E-state index contributed by atoms with van der Waals surface area (Å²) in [7, 11) is 3.08. The SMILES string of the molecule is COc1ccc(NC(=O)c2cccc(Nc3ccc4c(C#N)c[nH]c4c3)c2N)cc1OC. The van der Waals surface area contributed by atoms with Crippen molar-refractivity contribution in [2.24, 2.45) is 0 Å². The summed E-state index contributed by atoms with van der Waals surface area (Å²) in [6, 6.07) is 18.1. The predicted octanol–water partition coefficient (Wildman–Crippen LogP) is 4.63. The predicted molar refractivity (Wildman–Crippen MR) is 125 cm³/mol. The number of nitrogens with one attached hydrogen (secondary N) is 3. The number of aromatic nitrogens is 1. The maximum Gasteiger partial charge on any atom is 0.257 e. The van der Waals surface area contributed by atoms with Gasteiger partial charge < -0.3 is 30.8 Å². The number of methoxy groups -OCH3 is 2. The molecule has 1 aromatic heterocycles. The number of aromatic amines is 1. The zero-order valence-electron chi connectivity index (χ0n) is 17.5. The highest BCUT2D eigenvalue weighted by molar-refractivity contribution is 6.09. The second kappa shape index (κ2) is 8.62. The van der Waals surface area contributed by atoms with Gasteiger partial charge in [0.2, 0.25) is 0 Å². The average molecular weight is 427 g/mol. The van der Waals surface area contributed by atoms with Crippen molar-refractivity contribution in [1.82, 2.24) is 4.98 Å². The first-order valence-corrected chi connectivity index (χ1v) is 9.74. The molecule has 8 nitrogen and oxygen atoms in total. The van der Waals surface area contributed by atoms with Gasteiger partial charge in [-0.15, -0.1) is 0 Å². The lowest BCUT2D eigenvalue weighted by atomic mass is 10.1. The smallest absolute Gasteiger partial charge is 0.257 e. The highest BCUT2D eigenvalue weighted by atomic mass is 16.5. The lowest BCUT2D eigenvalue weighted by molar-refractivity contribution is 0.102. The Labute approximate surface area is 184 Å². The monoisotopic (exact) mass is 427 g/mol. The van der Waals surface area contributed by atoms with Gasteiger partial charge in [0.15, 0.2) is 11.5 Å². The van der Waals surface area contributed by atoms with Crippen LogP contribution in [-0.2, 0) is 0 Å². The molecule has 0 saturated carbocycles. The van der Waals surface area contributed by atoms with Crippen LogP contribution < -0.4 is 25.8 Å². The third kappa shape index (κ3) is 3.87. The Morgan fingerprint density at radius 2 is 1.81 bits per heavy atom. The number of anilines is 4. The van der Waals surface area contributed by atoms with Crippen molar-refractivity contribution in [3.63, 3.8) is 0 Å². The van der Waals surface area contributed by atoms with Crippen molar-refractivity contribution in [2.75, 3.05) is 30.6 Å². The molecule has 0 saturated heterocycles. The number of amides is 1. The molecule has 32 heavy (non-hydrogen) atoms. The summed E-state index contributed by atoms with van der Waals surface area (Å²) in [5.74, 6) is 0.724. The molecular formula is C24H21N5O3. The van der Waals surface area contributed by atoms with Gasteiger partial charge in [-0.3, -0.25) is 4.79 Å². The Morgan fingerprint density at radius 3 is 2.56 bits per heavy atom. The molecule has 0 spiro atoms. The quantitative estimate of drug-likeness (QED) is 0.332. The van der Waals surface area contributed by atoms with Crippen LogP contribution in [-0.4, -0.2) is 25.1 Å². The first-order valence-electron chi connectivity index (χ1n) is 9.74. The van der Waals surface area contributed by atoms with Gasteiger partial charge in [-0.05, 0) is 42.5 Å². The van der Waals surface area contributed by atoms with Gasteiger partial charge >= 0.3 is 0 Å². The van der Waals surface area contributed by atoms with E-state index in [0.29, 0.717) is 39.7 Å². The molecule has 0 unspecified atom stereocenters. The second-order valence-corrected chi connectivity index (χ2v) is 6.99. The summed E-state index contributed by atoms with van der Waals surface area (Å²) in [5.41, 5.74) is 10.3. The number of carbonyl (C=O) groups excluding carboxylic acids is 1. The fourth-order valence-electron chi connectivity index (χ4n) is 3.44. The van der Waals surface area contributed by atoms with Crippen molar-refractivity contribution >= 4 is 39.6 Å². The molecule has 0 radical (unpaired) electrons. The van der Waals surface area contributed by atoms with Crippen LogP contribution in [0.5, 0.6) is 11.5 Å². The Hall–Kier alpha value is -4.64. The standard InChI is InChI=1S/C24H21N5O3/c1-31-21-9-7-16(11-22(21)32-2)29-24(30)18-4-3-5-19(23(18)26)28-15-6-8-17-14(12-25)13-27-20(17)10-15/h3-11,13,27-28H,26H2,1-2H3,(H,29,30). The number of benzene rings is 3. The van der Waals surface area contributed by atoms with E-state index in [2.05, 4.69) is 21.7 Å². The van der Waals surface area contributed by atoms with Crippen LogP contribution in [0.25, 0.3) is 10.9 Å². The molecule has 4 rings (SSSR count). The van der Waals surface area contributed by atoms with Gasteiger partial charge in [0.1, 0.15) is 6.07 Å². The second-order valence-electron chi connectivity index (χ2n) is 6.99. The van der Waals surface area contributed by atoms with Crippen LogP contribution in [0.4, 0.5) is 22.7 Å². The van der Waals surface area contributed by atoms with Crippen molar-refractivity contribution in [2.45, 2.75) is 0 Å². The number of hydrogen-bond acceptors (Lipinski definition) is 6. The van der Waals surface area contributed by atoms with E-state index in [0.717, 1.165) is 16.6 Å². The van der Waals surface area contributed by atoms with Crippen LogP contribution in [0.1, 0.15) is 15.9 Å². The molecule has 0 aliphatic carbocycles. The van der Waals surface area contributed by atoms with E-state index < -0.39 is 0 Å². The molecule has 1 heterocycles. The molecule has 8 heteroatoms. The third-order valence-corrected chi connectivity index (χ3v) is 5.07. The van der Waals surface area contributed by atoms with Crippen LogP contribution in [0.15, 0.2) is 60.8 Å². The molecule has 160 valence electrons. The van der Waals surface area contributed by atoms with Crippen molar-refractivity contribution in [1.29, 1.82) is 5.26 Å². The first-order chi connectivity index (χ1) is 15.5. The van der Waals surface area contributed by atoms with Gasteiger partial charge in [0.05, 0.1) is 36.7 Å². The van der Waals surface area contributed by atoms with Crippen molar-refractivity contribution in [3.8, 4) is 17.6 Å². The summed E-state index contributed by atoms with van der Waals surface area (Å²) >= 11 is 0. The lowest BCUT2D eigenvalue weighted by Gasteiger charge is -2.14. The largest absolute Gasteiger partial charge is 0.493 e. The maximum absolute atomic E-state index is 12.9. The average Bonchev–Trinajstić information content (AvgIpc) is 3.22. The molecule has 0 aliphatic rings. The van der Waals surface area contributed by atoms with Gasteiger partial charge in [-0.1, -0.05) is 6.07 Å². The molecule has 4 aromatic rings. The Kier molecular flexibility index (Phi) is 5.55. The summed E-state index contributed by atoms with van der Waals surface area (Å²) in [6.07, 6.45) is 1.67. The minimum absolute atomic E-state index is 0.315. The van der Waals surface area contributed by atoms with Gasteiger partial charge in [0.25, 0.3) is 5.91 Å². The number of nitrogens with two attached hydrogens (primary N) is 1. The van der Waals surface area contributed by atoms with E-state index in [-0.39, 0.29) is 5.91 Å². The van der Waals surface area contributed by atoms with E-state index >= 15 is 0 Å². The van der Waals surface area contributed by atoms with Crippen LogP contribution >= 0.6 is 0 Å². The molecule has 0 atom stereocenters. The number of carbonyl (C=O) groups is 1. The van der Waals surface area contributed by atoms with Gasteiger partial charge in [-0.25, -0.2) is 0 Å². The zero-order valence-corrected chi connectivity index (χ0v) is 17.5. The van der Waals surface area contributed by atoms with Crippen LogP contribution in [0.3, 0.4) is 0 Å². The Bertz CT molecular complexity index is 1350. The van der Waals surface area contributed by atoms with E-state index in [1.807, 2.05) is 18.2 Å². The summed E-state index contributed by atoms with van der Waals surface area (Å²) < 4.78 is 10.5. The number of hydrogen-bond donors (Lipinski definition) is 4. The first kappa shape index (κ1) is 20.6. The number of H-pyrrole nitrogens is 1. The topological polar surface area (TPSA) is 125 Å². The zero-order chi connectivity index (χ0) is 22.7. The van der Waals surface area contributed by atoms with Crippen molar-refractivity contribution < 1.29 is 14.3 Å². The maximum atomic E-state index is 12.9. The number of fused-ring (bicyclic) bond motifs is 1. The summed E-state index contributed by atoms with van der Waals surface area (Å²) in [6.45, 7) is 0. The molecular weight excluding hydrogens is 406 g/mol. The number of ether oxygens (including phenoxy) is 2. The van der Waals surface area contributed by atoms with Gasteiger partial charge in [-0.2, -0.15) is 5.26 Å². The number of rotatable bonds is 6. The van der Waals surface area contributed by atoms with E-state index in [1.54, 1.807) is 49.7 Å². The number of para-hydroxylation sites is 1. The van der Waals surface area contributed by atoms with E-state index in [9.17, 15) is 4.79 Å². The van der Waals surface area contributed by atoms with E-state index in [4.69, 9.17) is 20.5 Å². The highest BCUT2D eigenvalue weighted by Crippen LogP contribution is 2.32. The highest BCUT2D eigenvalue weighted by Gasteiger charge is 2.15. The molecule has 1 amide bonds. The molecule has 3 aromatic carbocycles. The fourth-order valence-corrected chi connectivity index (χ4v) is 3.44. The molecule has 0 aliphatic heterocycles. The summed E-state index contributed by atoms with van der Waals surface area (Å²) in [4.78, 5) is 16.0. The number of nitrogens with zero attached hydrogens (tertiary/aromatic N) is 1. The van der Waals surface area contributed by atoms with Crippen LogP contribution in [0.2, 0.25) is 0 Å². The number of nitrogen functional groups attached to an aromatic ring is 1. The molecule has 5 N–H and O–H groups in total. The van der Waals surface area contributed by atoms with E-state index in [1.165, 1.54) is 7.11 Å². The van der Waals surface area contributed by atoms with Crippen LogP contribution in [0, 0.1) is 11.3 Å². The Morgan fingerprint density at radius 1 is 1.03 bits per heavy atom. The number of nitriles is 1. The van der Waals surface area contributed by atoms with Crippen molar-refractivity contribution in [3.05, 3.63) is 71.9 Å². The lowest BCUT2D eigenvalue weighted by Crippen LogP contribution is -2.15.